The number of nitrogens with one attached hydrogen (secondary N) is 4. The molecule has 0 bridgehead atoms. The largest absolute Gasteiger partial charge is 0.391 e. The van der Waals surface area contributed by atoms with Crippen LogP contribution in [0.15, 0.2) is 109 Å². The first-order valence-corrected chi connectivity index (χ1v) is 26.6. The summed E-state index contributed by atoms with van der Waals surface area (Å²) in [6.07, 6.45) is 8.59. The number of benzene rings is 3. The monoisotopic (exact) mass is 1020 g/mol. The maximum absolute atomic E-state index is 14.1. The van der Waals surface area contributed by atoms with Crippen LogP contribution in [-0.4, -0.2) is 121 Å². The van der Waals surface area contributed by atoms with E-state index in [0.717, 1.165) is 95.1 Å². The van der Waals surface area contributed by atoms with E-state index in [2.05, 4.69) is 46.1 Å². The highest BCUT2D eigenvalue weighted by Gasteiger charge is 2.43. The average molecular weight is 1020 g/mol. The molecule has 5 heterocycles. The molecule has 6 aromatic rings. The first-order chi connectivity index (χ1) is 35.7. The van der Waals surface area contributed by atoms with E-state index in [9.17, 15) is 24.3 Å². The molecule has 8 rings (SSSR count). The number of anilines is 3. The van der Waals surface area contributed by atoms with Crippen molar-refractivity contribution in [2.75, 3.05) is 49.9 Å². The topological polar surface area (TPSA) is 198 Å². The van der Waals surface area contributed by atoms with Crippen molar-refractivity contribution < 1.29 is 24.3 Å². The summed E-state index contributed by atoms with van der Waals surface area (Å²) < 4.78 is 0. The maximum atomic E-state index is 14.1. The maximum Gasteiger partial charge on any atom is 0.255 e. The highest BCUT2D eigenvalue weighted by Crippen LogP contribution is 2.29. The summed E-state index contributed by atoms with van der Waals surface area (Å²) in [4.78, 5) is 78.6. The Kier molecular flexibility index (Phi) is 17.9. The van der Waals surface area contributed by atoms with Crippen LogP contribution in [0, 0.1) is 19.3 Å². The second-order valence-electron chi connectivity index (χ2n) is 20.5. The van der Waals surface area contributed by atoms with Crippen molar-refractivity contribution in [1.29, 1.82) is 0 Å². The van der Waals surface area contributed by atoms with E-state index in [1.54, 1.807) is 34.8 Å². The number of amides is 4. The van der Waals surface area contributed by atoms with Crippen LogP contribution in [-0.2, 0) is 27.5 Å². The van der Waals surface area contributed by atoms with Gasteiger partial charge in [-0.15, -0.1) is 11.3 Å². The number of unbranched alkanes of at least 4 members (excludes halogenated alkanes) is 3. The van der Waals surface area contributed by atoms with E-state index in [1.165, 1.54) is 0 Å². The van der Waals surface area contributed by atoms with Gasteiger partial charge in [-0.3, -0.25) is 29.1 Å². The minimum Gasteiger partial charge on any atom is -0.391 e. The minimum absolute atomic E-state index is 0.118. The summed E-state index contributed by atoms with van der Waals surface area (Å²) in [5.74, 6) is -0.0331. The number of rotatable bonds is 20. The van der Waals surface area contributed by atoms with Gasteiger partial charge in [0.15, 0.2) is 0 Å². The van der Waals surface area contributed by atoms with Crippen molar-refractivity contribution in [3.05, 3.63) is 137 Å². The number of β-amino-alcohol motifs (C(OH)–C–C–N with tert-alkyl or cyclic N) is 1. The number of aromatic nitrogens is 4. The molecule has 3 atom stereocenters. The van der Waals surface area contributed by atoms with E-state index in [4.69, 9.17) is 0 Å². The molecule has 74 heavy (non-hydrogen) atoms. The van der Waals surface area contributed by atoms with Gasteiger partial charge < -0.3 is 36.2 Å². The van der Waals surface area contributed by atoms with Crippen LogP contribution in [0.1, 0.15) is 92.0 Å². The Morgan fingerprint density at radius 1 is 0.838 bits per heavy atom. The highest BCUT2D eigenvalue weighted by atomic mass is 32.1. The average Bonchev–Trinajstić information content (AvgIpc) is 4.02. The van der Waals surface area contributed by atoms with Gasteiger partial charge in [-0.2, -0.15) is 0 Å². The Morgan fingerprint density at radius 2 is 1.59 bits per heavy atom. The van der Waals surface area contributed by atoms with Crippen molar-refractivity contribution >= 4 is 52.3 Å². The SMILES string of the molecule is Cc1ccc(NC(=O)c2ccc(CN3CCN(C(=O)CCCCCCNC(C(=O)N4CC(O)CC4C(=O)NCc4ccc(-c5scnc5C)cc4)C(C)(C)C)CC3)cc2)cc1Nc1nccc(-c2cccnc2)n1. The summed E-state index contributed by atoms with van der Waals surface area (Å²) >= 11 is 1.60. The third-order valence-electron chi connectivity index (χ3n) is 13.8. The Labute approximate surface area is 438 Å². The Hall–Kier alpha value is -6.92. The molecule has 0 saturated carbocycles. The summed E-state index contributed by atoms with van der Waals surface area (Å²) in [5, 5.41) is 23.4. The minimum atomic E-state index is -0.771. The molecule has 4 amide bonds. The van der Waals surface area contributed by atoms with Crippen LogP contribution < -0.4 is 21.3 Å². The van der Waals surface area contributed by atoms with Crippen LogP contribution in [0.25, 0.3) is 21.7 Å². The number of thiazole rings is 1. The second kappa shape index (κ2) is 24.9. The molecule has 3 unspecified atom stereocenters. The number of piperazine rings is 1. The molecular weight excluding hydrogens is 951 g/mol. The number of likely N-dealkylation sites (tertiary alicyclic amines) is 1. The fourth-order valence-corrected chi connectivity index (χ4v) is 10.3. The number of aliphatic hydroxyl groups excluding tert-OH is 1. The molecule has 2 aliphatic rings. The highest BCUT2D eigenvalue weighted by molar-refractivity contribution is 7.13. The number of hydrogen-bond acceptors (Lipinski definition) is 13. The number of aliphatic hydroxyl groups is 1. The molecule has 0 radical (unpaired) electrons. The van der Waals surface area contributed by atoms with Gasteiger partial charge in [0.25, 0.3) is 5.91 Å². The molecule has 0 spiro atoms. The molecule has 388 valence electrons. The van der Waals surface area contributed by atoms with Gasteiger partial charge in [-0.1, -0.05) is 76.1 Å². The van der Waals surface area contributed by atoms with Crippen LogP contribution in [0.3, 0.4) is 0 Å². The molecule has 3 aromatic carbocycles. The normalized spacial score (nSPS) is 16.5. The van der Waals surface area contributed by atoms with Crippen molar-refractivity contribution in [2.45, 2.75) is 104 Å². The quantitative estimate of drug-likeness (QED) is 0.0461. The van der Waals surface area contributed by atoms with Crippen molar-refractivity contribution in [3.63, 3.8) is 0 Å². The lowest BCUT2D eigenvalue weighted by molar-refractivity contribution is -0.142. The number of carbonyl (C=O) groups excluding carboxylic acids is 4. The number of pyridine rings is 1. The first kappa shape index (κ1) is 53.4. The molecule has 2 saturated heterocycles. The number of aryl methyl sites for hydroxylation is 2. The predicted molar refractivity (Wildman–Crippen MR) is 291 cm³/mol. The molecule has 5 N–H and O–H groups in total. The van der Waals surface area contributed by atoms with E-state index >= 15 is 0 Å². The lowest BCUT2D eigenvalue weighted by atomic mass is 9.85. The van der Waals surface area contributed by atoms with Crippen molar-refractivity contribution in [2.24, 2.45) is 5.41 Å². The predicted octanol–water partition coefficient (Wildman–Crippen LogP) is 8.15. The molecule has 2 fully saturated rings. The molecule has 16 nitrogen and oxygen atoms in total. The molecule has 0 aliphatic carbocycles. The number of hydrogen-bond donors (Lipinski definition) is 5. The summed E-state index contributed by atoms with van der Waals surface area (Å²) in [5.41, 5.74) is 10.1. The van der Waals surface area contributed by atoms with Gasteiger partial charge in [-0.05, 0) is 103 Å². The van der Waals surface area contributed by atoms with Gasteiger partial charge >= 0.3 is 0 Å². The number of nitrogens with zero attached hydrogens (tertiary/aromatic N) is 7. The van der Waals surface area contributed by atoms with E-state index in [1.807, 2.05) is 130 Å². The van der Waals surface area contributed by atoms with Gasteiger partial charge in [-0.25, -0.2) is 15.0 Å². The molecule has 17 heteroatoms. The van der Waals surface area contributed by atoms with E-state index in [0.29, 0.717) is 49.8 Å². The Morgan fingerprint density at radius 3 is 2.31 bits per heavy atom. The fourth-order valence-electron chi connectivity index (χ4n) is 9.48. The van der Waals surface area contributed by atoms with Crippen LogP contribution in [0.4, 0.5) is 17.3 Å². The van der Waals surface area contributed by atoms with Crippen molar-refractivity contribution in [3.8, 4) is 21.7 Å². The second-order valence-corrected chi connectivity index (χ2v) is 21.3. The first-order valence-electron chi connectivity index (χ1n) is 25.7. The Bertz CT molecular complexity index is 2850. The third kappa shape index (κ3) is 14.2. The van der Waals surface area contributed by atoms with Crippen molar-refractivity contribution in [1.82, 2.24) is 45.3 Å². The molecule has 2 aliphatic heterocycles. The standard InChI is InChI=1S/C57H69N11O5S/c1-38-13-22-45(31-48(38)65-56-60-26-23-47(64-56)44-11-10-24-58-34-44)63-53(71)43-20-16-41(17-21-43)35-66-27-29-67(30-28-66)50(70)12-8-6-7-9-25-59-52(57(3,4)5)55(73)68-36-46(69)32-49(68)54(72)61-33-40-14-18-42(19-15-40)51-39(2)62-37-74-51/h10-11,13-24,26,31,34,37,46,49,52,59,69H,6-9,12,25,27-30,32-33,35-36H2,1-5H3,(H,61,72)(H,63,71)(H,60,64,65). The van der Waals surface area contributed by atoms with Gasteiger partial charge in [0.05, 0.1) is 33.9 Å². The van der Waals surface area contributed by atoms with Gasteiger partial charge in [0.1, 0.15) is 6.04 Å². The molecule has 3 aromatic heterocycles. The third-order valence-corrected chi connectivity index (χ3v) is 14.8. The summed E-state index contributed by atoms with van der Waals surface area (Å²) in [6.45, 7) is 14.7. The smallest absolute Gasteiger partial charge is 0.255 e. The van der Waals surface area contributed by atoms with E-state index in [-0.39, 0.29) is 36.6 Å². The van der Waals surface area contributed by atoms with Crippen LogP contribution in [0.2, 0.25) is 0 Å². The van der Waals surface area contributed by atoms with Gasteiger partial charge in [0, 0.05) is 99.7 Å². The van der Waals surface area contributed by atoms with Gasteiger partial charge in [0.2, 0.25) is 23.7 Å². The van der Waals surface area contributed by atoms with Crippen LogP contribution in [0.5, 0.6) is 0 Å². The zero-order valence-electron chi connectivity index (χ0n) is 43.1. The summed E-state index contributed by atoms with van der Waals surface area (Å²) in [7, 11) is 0. The Balaban J connectivity index is 0.712. The van der Waals surface area contributed by atoms with E-state index < -0.39 is 23.6 Å². The zero-order valence-corrected chi connectivity index (χ0v) is 44.0. The lowest BCUT2D eigenvalue weighted by Crippen LogP contribution is -2.56. The zero-order chi connectivity index (χ0) is 52.2. The fraction of sp³-hybridized carbons (Fsp3) is 0.404. The lowest BCUT2D eigenvalue weighted by Gasteiger charge is -2.35. The number of carbonyl (C=O) groups is 4. The summed E-state index contributed by atoms with van der Waals surface area (Å²) in [6, 6.07) is 25.7. The van der Waals surface area contributed by atoms with Crippen LogP contribution >= 0.6 is 11.3 Å². The molecular formula is C57H69N11O5S.